The Labute approximate surface area is 247 Å². The summed E-state index contributed by atoms with van der Waals surface area (Å²) in [6, 6.07) is 17.3. The standard InChI is InChI=1S/C32H30FN5O5/c33-25-10-7-21(8-11-25)26(18-29(39)40)35-31(42)24-9-12-28(37-13-15-38(16-14-37)32(43)23-5-6-23)27(17-24)36-30(41)22-3-1-20(19-34)2-4-22/h1-4,7-12,17,23,26H,5-6,13-16,18H2,(H,35,42)(H,36,41)(H,39,40). The Kier molecular flexibility index (Phi) is 8.66. The number of hydrogen-bond donors (Lipinski definition) is 3. The highest BCUT2D eigenvalue weighted by atomic mass is 19.1. The highest BCUT2D eigenvalue weighted by molar-refractivity contribution is 6.07. The van der Waals surface area contributed by atoms with Gasteiger partial charge < -0.3 is 25.5 Å². The number of nitrogens with one attached hydrogen (secondary N) is 2. The van der Waals surface area contributed by atoms with Gasteiger partial charge in [0.05, 0.1) is 35.5 Å². The Bertz CT molecular complexity index is 1570. The summed E-state index contributed by atoms with van der Waals surface area (Å²) in [5.74, 6) is -2.33. The van der Waals surface area contributed by atoms with Crippen LogP contribution in [0.5, 0.6) is 0 Å². The summed E-state index contributed by atoms with van der Waals surface area (Å²) >= 11 is 0. The minimum atomic E-state index is -1.14. The number of piperazine rings is 1. The first kappa shape index (κ1) is 29.3. The van der Waals surface area contributed by atoms with Gasteiger partial charge in [-0.05, 0) is 73.0 Å². The lowest BCUT2D eigenvalue weighted by Gasteiger charge is -2.37. The lowest BCUT2D eigenvalue weighted by atomic mass is 10.0. The van der Waals surface area contributed by atoms with Crippen molar-refractivity contribution >= 4 is 35.1 Å². The molecule has 1 heterocycles. The third kappa shape index (κ3) is 7.16. The number of nitrogens with zero attached hydrogens (tertiary/aromatic N) is 3. The molecule has 1 atom stereocenters. The van der Waals surface area contributed by atoms with E-state index < -0.39 is 36.1 Å². The Morgan fingerprint density at radius 3 is 2.16 bits per heavy atom. The summed E-state index contributed by atoms with van der Waals surface area (Å²) in [5, 5.41) is 24.1. The van der Waals surface area contributed by atoms with Crippen LogP contribution in [0, 0.1) is 23.1 Å². The van der Waals surface area contributed by atoms with Gasteiger partial charge in [-0.1, -0.05) is 12.1 Å². The molecular weight excluding hydrogens is 553 g/mol. The zero-order chi connectivity index (χ0) is 30.5. The van der Waals surface area contributed by atoms with E-state index in [9.17, 15) is 28.7 Å². The second kappa shape index (κ2) is 12.7. The van der Waals surface area contributed by atoms with Crippen molar-refractivity contribution in [1.29, 1.82) is 5.26 Å². The van der Waals surface area contributed by atoms with Gasteiger partial charge in [-0.25, -0.2) is 4.39 Å². The van der Waals surface area contributed by atoms with Crippen molar-refractivity contribution in [2.24, 2.45) is 5.92 Å². The van der Waals surface area contributed by atoms with Crippen molar-refractivity contribution < 1.29 is 28.7 Å². The van der Waals surface area contributed by atoms with Crippen molar-refractivity contribution in [2.75, 3.05) is 36.4 Å². The molecule has 1 saturated heterocycles. The van der Waals surface area contributed by atoms with Gasteiger partial charge >= 0.3 is 5.97 Å². The molecule has 0 bridgehead atoms. The molecule has 0 radical (unpaired) electrons. The Hall–Kier alpha value is -5.24. The number of carboxylic acids is 1. The number of carboxylic acid groups (broad SMARTS) is 1. The minimum Gasteiger partial charge on any atom is -0.481 e. The van der Waals surface area contributed by atoms with Gasteiger partial charge in [0, 0.05) is 43.2 Å². The predicted molar refractivity (Wildman–Crippen MR) is 156 cm³/mol. The van der Waals surface area contributed by atoms with E-state index in [2.05, 4.69) is 10.6 Å². The lowest BCUT2D eigenvalue weighted by Crippen LogP contribution is -2.49. The maximum Gasteiger partial charge on any atom is 0.305 e. The molecule has 0 spiro atoms. The first-order valence-corrected chi connectivity index (χ1v) is 14.0. The maximum atomic E-state index is 13.5. The van der Waals surface area contributed by atoms with E-state index in [0.29, 0.717) is 54.2 Å². The lowest BCUT2D eigenvalue weighted by molar-refractivity contribution is -0.137. The van der Waals surface area contributed by atoms with Crippen LogP contribution in [-0.4, -0.2) is 59.9 Å². The van der Waals surface area contributed by atoms with Crippen LogP contribution in [0.3, 0.4) is 0 Å². The molecule has 220 valence electrons. The van der Waals surface area contributed by atoms with Crippen LogP contribution in [-0.2, 0) is 9.59 Å². The largest absolute Gasteiger partial charge is 0.481 e. The van der Waals surface area contributed by atoms with Gasteiger partial charge in [0.2, 0.25) is 5.91 Å². The number of amides is 3. The maximum absolute atomic E-state index is 13.5. The molecule has 1 aliphatic carbocycles. The molecule has 43 heavy (non-hydrogen) atoms. The quantitative estimate of drug-likeness (QED) is 0.346. The third-order valence-corrected chi connectivity index (χ3v) is 7.60. The highest BCUT2D eigenvalue weighted by Gasteiger charge is 2.35. The second-order valence-electron chi connectivity index (χ2n) is 10.6. The fourth-order valence-electron chi connectivity index (χ4n) is 5.06. The SMILES string of the molecule is N#Cc1ccc(C(=O)Nc2cc(C(=O)NC(CC(=O)O)c3ccc(F)cc3)ccc2N2CCN(C(=O)C3CC3)CC2)cc1. The Morgan fingerprint density at radius 1 is 0.907 bits per heavy atom. The number of anilines is 2. The van der Waals surface area contributed by atoms with Gasteiger partial charge in [0.25, 0.3) is 11.8 Å². The first-order valence-electron chi connectivity index (χ1n) is 14.0. The molecule has 1 unspecified atom stereocenters. The molecule has 1 saturated carbocycles. The molecule has 3 amide bonds. The van der Waals surface area contributed by atoms with Gasteiger partial charge in [0.15, 0.2) is 0 Å². The van der Waals surface area contributed by atoms with Gasteiger partial charge in [-0.3, -0.25) is 19.2 Å². The van der Waals surface area contributed by atoms with E-state index in [1.165, 1.54) is 54.6 Å². The number of carbonyl (C=O) groups excluding carboxylic acids is 3. The average molecular weight is 584 g/mol. The molecular formula is C32H30FN5O5. The fourth-order valence-corrected chi connectivity index (χ4v) is 5.06. The smallest absolute Gasteiger partial charge is 0.305 e. The zero-order valence-electron chi connectivity index (χ0n) is 23.3. The number of aliphatic carboxylic acids is 1. The fraction of sp³-hybridized carbons (Fsp3) is 0.281. The average Bonchev–Trinajstić information content (AvgIpc) is 3.86. The summed E-state index contributed by atoms with van der Waals surface area (Å²) < 4.78 is 13.5. The van der Waals surface area contributed by atoms with Crippen molar-refractivity contribution in [1.82, 2.24) is 10.2 Å². The molecule has 2 fully saturated rings. The highest BCUT2D eigenvalue weighted by Crippen LogP contribution is 2.33. The van der Waals surface area contributed by atoms with Crippen LogP contribution >= 0.6 is 0 Å². The van der Waals surface area contributed by atoms with E-state index in [4.69, 9.17) is 5.26 Å². The second-order valence-corrected chi connectivity index (χ2v) is 10.6. The van der Waals surface area contributed by atoms with E-state index >= 15 is 0 Å². The normalized spacial score (nSPS) is 15.3. The molecule has 0 aromatic heterocycles. The van der Waals surface area contributed by atoms with Gasteiger partial charge in [-0.15, -0.1) is 0 Å². The van der Waals surface area contributed by atoms with Crippen LogP contribution in [0.2, 0.25) is 0 Å². The summed E-state index contributed by atoms with van der Waals surface area (Å²) in [5.41, 5.74) is 2.36. The number of nitriles is 1. The van der Waals surface area contributed by atoms with Crippen molar-refractivity contribution in [3.05, 3.63) is 94.8 Å². The van der Waals surface area contributed by atoms with Crippen LogP contribution in [0.1, 0.15) is 57.1 Å². The van der Waals surface area contributed by atoms with E-state index in [1.54, 1.807) is 12.1 Å². The van der Waals surface area contributed by atoms with Gasteiger partial charge in [0.1, 0.15) is 5.82 Å². The summed E-state index contributed by atoms with van der Waals surface area (Å²) in [6.45, 7) is 2.15. The number of rotatable bonds is 9. The molecule has 2 aliphatic rings. The first-order chi connectivity index (χ1) is 20.7. The van der Waals surface area contributed by atoms with Crippen molar-refractivity contribution in [3.63, 3.8) is 0 Å². The molecule has 11 heteroatoms. The van der Waals surface area contributed by atoms with Crippen molar-refractivity contribution in [3.8, 4) is 6.07 Å². The molecule has 5 rings (SSSR count). The summed E-state index contributed by atoms with van der Waals surface area (Å²) in [6.07, 6.45) is 1.45. The Balaban J connectivity index is 1.39. The molecule has 3 aromatic carbocycles. The minimum absolute atomic E-state index is 0.131. The number of benzene rings is 3. The van der Waals surface area contributed by atoms with E-state index in [-0.39, 0.29) is 17.4 Å². The molecule has 1 aliphatic heterocycles. The molecule has 10 nitrogen and oxygen atoms in total. The monoisotopic (exact) mass is 583 g/mol. The number of carbonyl (C=O) groups is 4. The number of halogens is 1. The topological polar surface area (TPSA) is 143 Å². The van der Waals surface area contributed by atoms with E-state index in [1.807, 2.05) is 15.9 Å². The summed E-state index contributed by atoms with van der Waals surface area (Å²) in [4.78, 5) is 54.5. The van der Waals surface area contributed by atoms with E-state index in [0.717, 1.165) is 12.8 Å². The van der Waals surface area contributed by atoms with Crippen molar-refractivity contribution in [2.45, 2.75) is 25.3 Å². The molecule has 3 N–H and O–H groups in total. The summed E-state index contributed by atoms with van der Waals surface area (Å²) in [7, 11) is 0. The predicted octanol–water partition coefficient (Wildman–Crippen LogP) is 3.95. The van der Waals surface area contributed by atoms with Crippen LogP contribution < -0.4 is 15.5 Å². The van der Waals surface area contributed by atoms with Crippen LogP contribution in [0.25, 0.3) is 0 Å². The number of hydrogen-bond acceptors (Lipinski definition) is 6. The van der Waals surface area contributed by atoms with Gasteiger partial charge in [-0.2, -0.15) is 5.26 Å². The zero-order valence-corrected chi connectivity index (χ0v) is 23.3. The van der Waals surface area contributed by atoms with Crippen LogP contribution in [0.4, 0.5) is 15.8 Å². The molecule has 3 aromatic rings. The Morgan fingerprint density at radius 2 is 1.56 bits per heavy atom. The van der Waals surface area contributed by atoms with Crippen LogP contribution in [0.15, 0.2) is 66.7 Å². The third-order valence-electron chi connectivity index (χ3n) is 7.60.